The molecule has 0 N–H and O–H groups in total. The van der Waals surface area contributed by atoms with Crippen LogP contribution < -0.4 is 0 Å². The highest BCUT2D eigenvalue weighted by Crippen LogP contribution is 2.29. The van der Waals surface area contributed by atoms with Gasteiger partial charge in [-0.05, 0) is 44.2 Å². The topological polar surface area (TPSA) is 57.7 Å². The molecule has 3 rings (SSSR count). The van der Waals surface area contributed by atoms with Crippen molar-refractivity contribution in [3.8, 4) is 0 Å². The van der Waals surface area contributed by atoms with Crippen molar-refractivity contribution < 1.29 is 13.2 Å². The number of piperazine rings is 1. The monoisotopic (exact) mass is 370 g/mol. The van der Waals surface area contributed by atoms with Gasteiger partial charge in [0.05, 0.1) is 10.6 Å². The van der Waals surface area contributed by atoms with E-state index in [9.17, 15) is 13.2 Å². The largest absolute Gasteiger partial charge is 0.335 e. The highest BCUT2D eigenvalue weighted by molar-refractivity contribution is 7.89. The van der Waals surface area contributed by atoms with Crippen molar-refractivity contribution in [1.29, 1.82) is 0 Å². The normalized spacial score (nSPS) is 20.3. The van der Waals surface area contributed by atoms with Crippen LogP contribution in [0.25, 0.3) is 0 Å². The van der Waals surface area contributed by atoms with Gasteiger partial charge in [0.1, 0.15) is 0 Å². The molecular formula is C17H26N2O3S2. The first-order valence-electron chi connectivity index (χ1n) is 8.90. The molecule has 0 radical (unpaired) electrons. The van der Waals surface area contributed by atoms with Crippen LogP contribution in [0.5, 0.6) is 0 Å². The summed E-state index contributed by atoms with van der Waals surface area (Å²) in [6.07, 6.45) is 7.18. The first-order chi connectivity index (χ1) is 11.5. The molecule has 1 aliphatic carbocycles. The van der Waals surface area contributed by atoms with E-state index in [-0.39, 0.29) is 11.7 Å². The maximum atomic E-state index is 12.8. The van der Waals surface area contributed by atoms with Gasteiger partial charge in [-0.3, -0.25) is 4.79 Å². The molecular weight excluding hydrogens is 344 g/mol. The zero-order valence-corrected chi connectivity index (χ0v) is 15.9. The Hall–Kier alpha value is -0.920. The molecule has 1 saturated heterocycles. The predicted octanol–water partition coefficient (Wildman–Crippen LogP) is 2.51. The highest BCUT2D eigenvalue weighted by Gasteiger charge is 2.29. The van der Waals surface area contributed by atoms with Crippen molar-refractivity contribution in [2.45, 2.75) is 45.4 Å². The number of nitrogens with zero attached hydrogens (tertiary/aromatic N) is 2. The Morgan fingerprint density at radius 3 is 2.42 bits per heavy atom. The average Bonchev–Trinajstić information content (AvgIpc) is 2.96. The lowest BCUT2D eigenvalue weighted by molar-refractivity contribution is 0.0703. The smallest absolute Gasteiger partial charge is 0.264 e. The molecule has 1 aliphatic heterocycles. The number of thiophene rings is 1. The maximum Gasteiger partial charge on any atom is 0.264 e. The Kier molecular flexibility index (Phi) is 5.62. The average molecular weight is 371 g/mol. The standard InChI is InChI=1S/C17H26N2O3S2/c1-2-24(21,22)19-11-9-18(10-12-19)17(20)16-13-14-7-5-3-4-6-8-15(14)23-16/h13H,2-12H2,1H3. The Bertz CT molecular complexity index is 663. The third-order valence-electron chi connectivity index (χ3n) is 4.99. The van der Waals surface area contributed by atoms with E-state index >= 15 is 0 Å². The first kappa shape index (κ1) is 17.9. The number of carbonyl (C=O) groups is 1. The summed E-state index contributed by atoms with van der Waals surface area (Å²) in [6.45, 7) is 3.45. The van der Waals surface area contributed by atoms with Crippen LogP contribution in [0.3, 0.4) is 0 Å². The molecule has 5 nitrogen and oxygen atoms in total. The summed E-state index contributed by atoms with van der Waals surface area (Å²) in [4.78, 5) is 16.8. The fourth-order valence-corrected chi connectivity index (χ4v) is 5.76. The number of sulfonamides is 1. The molecule has 1 aromatic heterocycles. The first-order valence-corrected chi connectivity index (χ1v) is 11.3. The lowest BCUT2D eigenvalue weighted by atomic mass is 10.00. The van der Waals surface area contributed by atoms with E-state index < -0.39 is 10.0 Å². The highest BCUT2D eigenvalue weighted by atomic mass is 32.2. The zero-order chi connectivity index (χ0) is 17.2. The second-order valence-electron chi connectivity index (χ2n) is 6.57. The summed E-state index contributed by atoms with van der Waals surface area (Å²) >= 11 is 1.65. The number of aryl methyl sites for hydroxylation is 2. The number of hydrogen-bond acceptors (Lipinski definition) is 4. The van der Waals surface area contributed by atoms with E-state index in [4.69, 9.17) is 0 Å². The van der Waals surface area contributed by atoms with E-state index in [1.54, 1.807) is 23.2 Å². The van der Waals surface area contributed by atoms with Crippen molar-refractivity contribution in [2.75, 3.05) is 31.9 Å². The molecule has 0 saturated carbocycles. The molecule has 24 heavy (non-hydrogen) atoms. The molecule has 0 spiro atoms. The van der Waals surface area contributed by atoms with Gasteiger partial charge in [0.2, 0.25) is 10.0 Å². The second kappa shape index (κ2) is 7.54. The van der Waals surface area contributed by atoms with Gasteiger partial charge in [-0.15, -0.1) is 11.3 Å². The molecule has 0 atom stereocenters. The van der Waals surface area contributed by atoms with E-state index in [0.29, 0.717) is 26.2 Å². The second-order valence-corrected chi connectivity index (χ2v) is 9.96. The quantitative estimate of drug-likeness (QED) is 0.821. The number of rotatable bonds is 3. The van der Waals surface area contributed by atoms with Gasteiger partial charge < -0.3 is 4.90 Å². The SMILES string of the molecule is CCS(=O)(=O)N1CCN(C(=O)c2cc3c(s2)CCCCCC3)CC1. The van der Waals surface area contributed by atoms with Gasteiger partial charge in [-0.25, -0.2) is 8.42 Å². The minimum Gasteiger partial charge on any atom is -0.335 e. The summed E-state index contributed by atoms with van der Waals surface area (Å²) in [6, 6.07) is 2.09. The minimum atomic E-state index is -3.15. The Morgan fingerprint density at radius 1 is 1.08 bits per heavy atom. The molecule has 1 aromatic rings. The van der Waals surface area contributed by atoms with Crippen LogP contribution in [0.2, 0.25) is 0 Å². The Labute approximate surface area is 148 Å². The van der Waals surface area contributed by atoms with Crippen molar-refractivity contribution >= 4 is 27.3 Å². The maximum absolute atomic E-state index is 12.8. The van der Waals surface area contributed by atoms with Gasteiger partial charge in [0.25, 0.3) is 5.91 Å². The van der Waals surface area contributed by atoms with Crippen LogP contribution in [0, 0.1) is 0 Å². The third-order valence-corrected chi connectivity index (χ3v) is 8.10. The molecule has 134 valence electrons. The summed E-state index contributed by atoms with van der Waals surface area (Å²) in [5.41, 5.74) is 1.36. The predicted molar refractivity (Wildman–Crippen MR) is 97.1 cm³/mol. The van der Waals surface area contributed by atoms with Crippen LogP contribution in [0.4, 0.5) is 0 Å². The van der Waals surface area contributed by atoms with Crippen LogP contribution in [-0.2, 0) is 22.9 Å². The van der Waals surface area contributed by atoms with Gasteiger partial charge in [0, 0.05) is 31.1 Å². The molecule has 2 heterocycles. The van der Waals surface area contributed by atoms with E-state index in [2.05, 4.69) is 6.07 Å². The van der Waals surface area contributed by atoms with Gasteiger partial charge in [0.15, 0.2) is 0 Å². The van der Waals surface area contributed by atoms with Gasteiger partial charge in [-0.2, -0.15) is 4.31 Å². The molecule has 7 heteroatoms. The Balaban J connectivity index is 1.66. The molecule has 2 aliphatic rings. The van der Waals surface area contributed by atoms with Crippen molar-refractivity contribution in [1.82, 2.24) is 9.21 Å². The zero-order valence-electron chi connectivity index (χ0n) is 14.3. The van der Waals surface area contributed by atoms with Crippen LogP contribution in [0.15, 0.2) is 6.07 Å². The van der Waals surface area contributed by atoms with Gasteiger partial charge >= 0.3 is 0 Å². The number of amides is 1. The number of hydrogen-bond donors (Lipinski definition) is 0. The summed E-state index contributed by atoms with van der Waals surface area (Å²) in [5, 5.41) is 0. The minimum absolute atomic E-state index is 0.0697. The fraction of sp³-hybridized carbons (Fsp3) is 0.706. The fourth-order valence-electron chi connectivity index (χ4n) is 3.46. The molecule has 0 unspecified atom stereocenters. The third kappa shape index (κ3) is 3.83. The lowest BCUT2D eigenvalue weighted by Gasteiger charge is -2.33. The van der Waals surface area contributed by atoms with Crippen molar-refractivity contribution in [2.24, 2.45) is 0 Å². The van der Waals surface area contributed by atoms with Gasteiger partial charge in [-0.1, -0.05) is 12.8 Å². The van der Waals surface area contributed by atoms with Crippen LogP contribution >= 0.6 is 11.3 Å². The van der Waals surface area contributed by atoms with Crippen LogP contribution in [0.1, 0.15) is 52.7 Å². The lowest BCUT2D eigenvalue weighted by Crippen LogP contribution is -2.50. The molecule has 1 amide bonds. The Morgan fingerprint density at radius 2 is 1.75 bits per heavy atom. The van der Waals surface area contributed by atoms with E-state index in [0.717, 1.165) is 17.7 Å². The summed E-state index contributed by atoms with van der Waals surface area (Å²) < 4.78 is 25.4. The van der Waals surface area contributed by atoms with Crippen LogP contribution in [-0.4, -0.2) is 55.5 Å². The molecule has 1 fully saturated rings. The van der Waals surface area contributed by atoms with E-state index in [1.165, 1.54) is 40.4 Å². The van der Waals surface area contributed by atoms with Crippen molar-refractivity contribution in [3.05, 3.63) is 21.4 Å². The number of fused-ring (bicyclic) bond motifs is 1. The molecule has 0 bridgehead atoms. The summed E-state index contributed by atoms with van der Waals surface area (Å²) in [7, 11) is -3.15. The summed E-state index contributed by atoms with van der Waals surface area (Å²) in [5.74, 6) is 0.193. The van der Waals surface area contributed by atoms with Crippen molar-refractivity contribution in [3.63, 3.8) is 0 Å². The van der Waals surface area contributed by atoms with E-state index in [1.807, 2.05) is 0 Å². The molecule has 0 aromatic carbocycles. The number of carbonyl (C=O) groups excluding carboxylic acids is 1.